The lowest BCUT2D eigenvalue weighted by Gasteiger charge is -1.97. The number of thioether (sulfide) groups is 1. The van der Waals surface area contributed by atoms with Gasteiger partial charge in [-0.3, -0.25) is 4.79 Å². The Labute approximate surface area is 73.9 Å². The number of rotatable bonds is 7. The minimum absolute atomic E-state index is 0.411. The van der Waals surface area contributed by atoms with E-state index in [1.54, 1.807) is 11.8 Å². The van der Waals surface area contributed by atoms with Crippen LogP contribution in [0.1, 0.15) is 39.5 Å². The standard InChI is InChI=1S/C9H18OS/c1-3-5-7-11-8-9(10)6-4-2/h3-8H2,1-2H3. The highest BCUT2D eigenvalue weighted by atomic mass is 32.2. The summed E-state index contributed by atoms with van der Waals surface area (Å²) in [4.78, 5) is 11.0. The molecule has 0 aromatic heterocycles. The average Bonchev–Trinajstić information content (AvgIpc) is 1.99. The maximum Gasteiger partial charge on any atom is 0.142 e. The van der Waals surface area contributed by atoms with Crippen molar-refractivity contribution in [3.8, 4) is 0 Å². The molecule has 0 aromatic carbocycles. The Morgan fingerprint density at radius 1 is 1.27 bits per heavy atom. The molecule has 0 saturated carbocycles. The number of hydrogen-bond acceptors (Lipinski definition) is 2. The SMILES string of the molecule is CCCCSCC(=O)CCC. The van der Waals surface area contributed by atoms with Crippen molar-refractivity contribution in [3.63, 3.8) is 0 Å². The predicted octanol–water partition coefficient (Wildman–Crippen LogP) is 2.89. The van der Waals surface area contributed by atoms with E-state index in [0.29, 0.717) is 5.78 Å². The van der Waals surface area contributed by atoms with E-state index in [4.69, 9.17) is 0 Å². The Morgan fingerprint density at radius 2 is 2.00 bits per heavy atom. The van der Waals surface area contributed by atoms with Gasteiger partial charge >= 0.3 is 0 Å². The Kier molecular flexibility index (Phi) is 8.13. The monoisotopic (exact) mass is 174 g/mol. The van der Waals surface area contributed by atoms with Crippen molar-refractivity contribution < 1.29 is 4.79 Å². The van der Waals surface area contributed by atoms with Gasteiger partial charge in [0.15, 0.2) is 0 Å². The molecular weight excluding hydrogens is 156 g/mol. The van der Waals surface area contributed by atoms with Crippen molar-refractivity contribution in [2.75, 3.05) is 11.5 Å². The molecule has 0 N–H and O–H groups in total. The molecule has 11 heavy (non-hydrogen) atoms. The zero-order chi connectivity index (χ0) is 8.53. The Balaban J connectivity index is 3.04. The molecule has 0 saturated heterocycles. The minimum Gasteiger partial charge on any atom is -0.299 e. The molecule has 0 amide bonds. The highest BCUT2D eigenvalue weighted by Crippen LogP contribution is 2.05. The van der Waals surface area contributed by atoms with Crippen molar-refractivity contribution in [2.45, 2.75) is 39.5 Å². The number of unbranched alkanes of at least 4 members (excludes halogenated alkanes) is 1. The molecular formula is C9H18OS. The molecule has 0 atom stereocenters. The summed E-state index contributed by atoms with van der Waals surface area (Å²) in [5.74, 6) is 2.29. The van der Waals surface area contributed by atoms with Gasteiger partial charge in [-0.1, -0.05) is 20.3 Å². The van der Waals surface area contributed by atoms with E-state index in [0.717, 1.165) is 24.3 Å². The van der Waals surface area contributed by atoms with Gasteiger partial charge < -0.3 is 0 Å². The van der Waals surface area contributed by atoms with Crippen LogP contribution in [0.4, 0.5) is 0 Å². The van der Waals surface area contributed by atoms with Gasteiger partial charge in [-0.2, -0.15) is 11.8 Å². The summed E-state index contributed by atoms with van der Waals surface area (Å²) < 4.78 is 0. The van der Waals surface area contributed by atoms with E-state index in [1.807, 2.05) is 0 Å². The van der Waals surface area contributed by atoms with Gasteiger partial charge in [0.05, 0.1) is 5.75 Å². The molecule has 0 rings (SSSR count). The van der Waals surface area contributed by atoms with E-state index in [2.05, 4.69) is 13.8 Å². The van der Waals surface area contributed by atoms with E-state index in [1.165, 1.54) is 12.8 Å². The molecule has 0 fully saturated rings. The molecule has 0 aliphatic heterocycles. The van der Waals surface area contributed by atoms with Gasteiger partial charge in [-0.25, -0.2) is 0 Å². The summed E-state index contributed by atoms with van der Waals surface area (Å²) in [6.07, 6.45) is 4.23. The van der Waals surface area contributed by atoms with Crippen LogP contribution in [0.2, 0.25) is 0 Å². The number of carbonyl (C=O) groups excluding carboxylic acids is 1. The number of Topliss-reactive ketones (excluding diaryl/α,β-unsaturated/α-hetero) is 1. The van der Waals surface area contributed by atoms with Crippen LogP contribution in [0.15, 0.2) is 0 Å². The van der Waals surface area contributed by atoms with Gasteiger partial charge in [0.2, 0.25) is 0 Å². The summed E-state index contributed by atoms with van der Waals surface area (Å²) in [7, 11) is 0. The third-order valence-corrected chi connectivity index (χ3v) is 2.54. The second-order valence-electron chi connectivity index (χ2n) is 2.69. The lowest BCUT2D eigenvalue weighted by Crippen LogP contribution is -2.00. The van der Waals surface area contributed by atoms with Crippen molar-refractivity contribution in [2.24, 2.45) is 0 Å². The molecule has 0 heterocycles. The summed E-state index contributed by atoms with van der Waals surface area (Å²) in [5, 5.41) is 0. The normalized spacial score (nSPS) is 10.0. The van der Waals surface area contributed by atoms with E-state index in [9.17, 15) is 4.79 Å². The van der Waals surface area contributed by atoms with Gasteiger partial charge in [-0.15, -0.1) is 0 Å². The lowest BCUT2D eigenvalue weighted by molar-refractivity contribution is -0.116. The summed E-state index contributed by atoms with van der Waals surface area (Å²) >= 11 is 1.78. The topological polar surface area (TPSA) is 17.1 Å². The Morgan fingerprint density at radius 3 is 2.55 bits per heavy atom. The summed E-state index contributed by atoms with van der Waals surface area (Å²) in [6, 6.07) is 0. The van der Waals surface area contributed by atoms with Crippen LogP contribution >= 0.6 is 11.8 Å². The van der Waals surface area contributed by atoms with Crippen LogP contribution < -0.4 is 0 Å². The quantitative estimate of drug-likeness (QED) is 0.552. The van der Waals surface area contributed by atoms with Gasteiger partial charge in [0.1, 0.15) is 5.78 Å². The van der Waals surface area contributed by atoms with Gasteiger partial charge in [-0.05, 0) is 18.6 Å². The van der Waals surface area contributed by atoms with Crippen molar-refractivity contribution in [1.82, 2.24) is 0 Å². The first-order valence-electron chi connectivity index (χ1n) is 4.40. The highest BCUT2D eigenvalue weighted by molar-refractivity contribution is 7.99. The predicted molar refractivity (Wildman–Crippen MR) is 52.1 cm³/mol. The van der Waals surface area contributed by atoms with Crippen molar-refractivity contribution in [3.05, 3.63) is 0 Å². The van der Waals surface area contributed by atoms with E-state index >= 15 is 0 Å². The van der Waals surface area contributed by atoms with Crippen LogP contribution in [0.25, 0.3) is 0 Å². The molecule has 66 valence electrons. The molecule has 0 unspecified atom stereocenters. The fourth-order valence-corrected chi connectivity index (χ4v) is 1.79. The van der Waals surface area contributed by atoms with Crippen LogP contribution in [-0.2, 0) is 4.79 Å². The Bertz CT molecular complexity index is 102. The lowest BCUT2D eigenvalue weighted by atomic mass is 10.3. The fraction of sp³-hybridized carbons (Fsp3) is 0.889. The number of ketones is 1. The first-order valence-corrected chi connectivity index (χ1v) is 5.56. The van der Waals surface area contributed by atoms with E-state index in [-0.39, 0.29) is 0 Å². The molecule has 2 heteroatoms. The molecule has 0 radical (unpaired) electrons. The Hall–Kier alpha value is 0.0200. The molecule has 0 spiro atoms. The van der Waals surface area contributed by atoms with E-state index < -0.39 is 0 Å². The number of hydrogen-bond donors (Lipinski definition) is 0. The third-order valence-electron chi connectivity index (χ3n) is 1.43. The highest BCUT2D eigenvalue weighted by Gasteiger charge is 1.98. The first kappa shape index (κ1) is 11.0. The van der Waals surface area contributed by atoms with Crippen LogP contribution in [0, 0.1) is 0 Å². The minimum atomic E-state index is 0.411. The molecule has 0 aromatic rings. The van der Waals surface area contributed by atoms with Gasteiger partial charge in [0.25, 0.3) is 0 Å². The van der Waals surface area contributed by atoms with Gasteiger partial charge in [0, 0.05) is 6.42 Å². The molecule has 0 aliphatic rings. The van der Waals surface area contributed by atoms with Crippen LogP contribution in [0.5, 0.6) is 0 Å². The zero-order valence-electron chi connectivity index (χ0n) is 7.56. The summed E-state index contributed by atoms with van der Waals surface area (Å²) in [5.41, 5.74) is 0. The molecule has 1 nitrogen and oxygen atoms in total. The second-order valence-corrected chi connectivity index (χ2v) is 3.80. The summed E-state index contributed by atoms with van der Waals surface area (Å²) in [6.45, 7) is 4.23. The average molecular weight is 174 g/mol. The fourth-order valence-electron chi connectivity index (χ4n) is 0.783. The smallest absolute Gasteiger partial charge is 0.142 e. The zero-order valence-corrected chi connectivity index (χ0v) is 8.38. The molecule has 0 bridgehead atoms. The molecule has 0 aliphatic carbocycles. The third kappa shape index (κ3) is 7.92. The van der Waals surface area contributed by atoms with Crippen molar-refractivity contribution in [1.29, 1.82) is 0 Å². The maximum absolute atomic E-state index is 11.0. The largest absolute Gasteiger partial charge is 0.299 e. The van der Waals surface area contributed by atoms with Crippen LogP contribution in [-0.4, -0.2) is 17.3 Å². The maximum atomic E-state index is 11.0. The van der Waals surface area contributed by atoms with Crippen LogP contribution in [0.3, 0.4) is 0 Å². The first-order chi connectivity index (χ1) is 5.31. The second kappa shape index (κ2) is 8.12. The number of carbonyl (C=O) groups is 1. The van der Waals surface area contributed by atoms with Crippen molar-refractivity contribution >= 4 is 17.5 Å².